The summed E-state index contributed by atoms with van der Waals surface area (Å²) >= 11 is 1.02. The van der Waals surface area contributed by atoms with Crippen molar-refractivity contribution in [3.8, 4) is 11.5 Å². The molecule has 3 aromatic carbocycles. The van der Waals surface area contributed by atoms with Crippen molar-refractivity contribution < 1.29 is 27.4 Å². The molecular weight excluding hydrogens is 576 g/mol. The Labute approximate surface area is 246 Å². The molecule has 0 saturated carbocycles. The molecule has 11 heteroatoms. The first-order valence-corrected chi connectivity index (χ1v) is 15.3. The fourth-order valence-corrected chi connectivity index (χ4v) is 8.03. The zero-order valence-corrected chi connectivity index (χ0v) is 24.7. The Bertz CT molecular complexity index is 1990. The number of esters is 1. The second-order valence-corrected chi connectivity index (χ2v) is 12.1. The van der Waals surface area contributed by atoms with Crippen molar-refractivity contribution in [1.82, 2.24) is 4.57 Å². The highest BCUT2D eigenvalue weighted by Gasteiger charge is 2.41. The van der Waals surface area contributed by atoms with Gasteiger partial charge in [0.1, 0.15) is 36.3 Å². The summed E-state index contributed by atoms with van der Waals surface area (Å²) in [6.45, 7) is 1.78. The Kier molecular flexibility index (Phi) is 8.06. The van der Waals surface area contributed by atoms with Gasteiger partial charge in [0.2, 0.25) is 9.84 Å². The highest BCUT2D eigenvalue weighted by atomic mass is 32.2. The number of hydrogen-bond acceptors (Lipinski definition) is 9. The van der Waals surface area contributed by atoms with Gasteiger partial charge < -0.3 is 19.9 Å². The number of fused-ring (bicyclic) bond motifs is 1. The topological polar surface area (TPSA) is 127 Å². The number of benzene rings is 3. The normalized spacial score (nSPS) is 15.4. The molecule has 1 unspecified atom stereocenters. The zero-order chi connectivity index (χ0) is 30.0. The summed E-state index contributed by atoms with van der Waals surface area (Å²) in [7, 11) is -1.49. The molecule has 4 aromatic rings. The molecule has 1 aliphatic heterocycles. The highest BCUT2D eigenvalue weighted by molar-refractivity contribution is 7.95. The van der Waals surface area contributed by atoms with Gasteiger partial charge in [0, 0.05) is 17.2 Å². The van der Waals surface area contributed by atoms with Crippen LogP contribution in [-0.2, 0) is 19.4 Å². The largest absolute Gasteiger partial charge is 0.496 e. The third-order valence-corrected chi connectivity index (χ3v) is 9.86. The molecule has 1 aromatic heterocycles. The number of allylic oxidation sites excluding steroid dienone is 1. The molecule has 0 spiro atoms. The first-order valence-electron chi connectivity index (χ1n) is 13.0. The smallest absolute Gasteiger partial charge is 0.332 e. The van der Waals surface area contributed by atoms with E-state index in [1.54, 1.807) is 73.7 Å². The van der Waals surface area contributed by atoms with Crippen molar-refractivity contribution in [1.29, 1.82) is 0 Å². The molecule has 42 heavy (non-hydrogen) atoms. The second kappa shape index (κ2) is 11.7. The van der Waals surface area contributed by atoms with Crippen LogP contribution in [0.2, 0.25) is 0 Å². The third kappa shape index (κ3) is 4.90. The molecule has 0 saturated heterocycles. The first kappa shape index (κ1) is 28.9. The van der Waals surface area contributed by atoms with Crippen molar-refractivity contribution >= 4 is 44.6 Å². The molecule has 0 amide bonds. The molecule has 0 aliphatic carbocycles. The average Bonchev–Trinajstić information content (AvgIpc) is 3.32. The van der Waals surface area contributed by atoms with E-state index in [0.717, 1.165) is 22.0 Å². The lowest BCUT2D eigenvalue weighted by Crippen LogP contribution is -2.40. The third-order valence-electron chi connectivity index (χ3n) is 6.81. The van der Waals surface area contributed by atoms with E-state index in [9.17, 15) is 18.0 Å². The van der Waals surface area contributed by atoms with Crippen LogP contribution >= 0.6 is 11.3 Å². The zero-order valence-electron chi connectivity index (χ0n) is 23.1. The monoisotopic (exact) mass is 604 g/mol. The Morgan fingerprint density at radius 1 is 0.952 bits per heavy atom. The van der Waals surface area contributed by atoms with E-state index >= 15 is 0 Å². The lowest BCUT2D eigenvalue weighted by molar-refractivity contribution is -0.135. The fraction of sp³-hybridized carbons (Fsp3) is 0.161. The van der Waals surface area contributed by atoms with Crippen LogP contribution in [0.3, 0.4) is 0 Å². The van der Waals surface area contributed by atoms with Gasteiger partial charge in [-0.1, -0.05) is 60.7 Å². The number of methoxy groups -OCH3 is 2. The minimum absolute atomic E-state index is 0.0431. The summed E-state index contributed by atoms with van der Waals surface area (Å²) in [6, 6.07) is 22.4. The maximum absolute atomic E-state index is 14.6. The van der Waals surface area contributed by atoms with Crippen LogP contribution in [0.1, 0.15) is 24.0 Å². The summed E-state index contributed by atoms with van der Waals surface area (Å²) in [5.41, 5.74) is 7.72. The highest BCUT2D eigenvalue weighted by Crippen LogP contribution is 2.46. The SMILES string of the molecule is CCOC(=O)C=c1sc2n(c1=O)C(N)=C(S(=O)(=O)c1ccccc1OC)C(c1ccccc1)C=2c1ccccc1OC. The Morgan fingerprint density at radius 2 is 1.57 bits per heavy atom. The van der Waals surface area contributed by atoms with Gasteiger partial charge in [-0.05, 0) is 30.7 Å². The van der Waals surface area contributed by atoms with Gasteiger partial charge in [0.05, 0.1) is 26.7 Å². The number of carbonyl (C=O) groups excluding carboxylic acids is 1. The van der Waals surface area contributed by atoms with Crippen LogP contribution in [0.5, 0.6) is 11.5 Å². The number of carbonyl (C=O) groups is 1. The van der Waals surface area contributed by atoms with Gasteiger partial charge in [-0.15, -0.1) is 11.3 Å². The molecule has 2 heterocycles. The van der Waals surface area contributed by atoms with E-state index in [1.807, 2.05) is 6.07 Å². The molecule has 0 fully saturated rings. The van der Waals surface area contributed by atoms with Crippen LogP contribution in [-0.4, -0.2) is 39.8 Å². The van der Waals surface area contributed by atoms with Crippen LogP contribution in [0.25, 0.3) is 17.5 Å². The van der Waals surface area contributed by atoms with Gasteiger partial charge in [-0.25, -0.2) is 13.2 Å². The summed E-state index contributed by atoms with van der Waals surface area (Å²) in [5.74, 6) is -1.33. The van der Waals surface area contributed by atoms with E-state index in [2.05, 4.69) is 0 Å². The van der Waals surface area contributed by atoms with Crippen molar-refractivity contribution in [3.05, 3.63) is 114 Å². The van der Waals surface area contributed by atoms with E-state index in [1.165, 1.54) is 20.3 Å². The minimum atomic E-state index is -4.38. The van der Waals surface area contributed by atoms with Gasteiger partial charge in [0.15, 0.2) is 0 Å². The van der Waals surface area contributed by atoms with E-state index in [4.69, 9.17) is 19.9 Å². The average molecular weight is 605 g/mol. The molecule has 216 valence electrons. The number of nitrogens with two attached hydrogens (primary N) is 1. The van der Waals surface area contributed by atoms with Crippen LogP contribution in [0, 0.1) is 0 Å². The number of ether oxygens (including phenoxy) is 3. The number of thiazole rings is 1. The number of sulfone groups is 1. The summed E-state index contributed by atoms with van der Waals surface area (Å²) in [6.07, 6.45) is 1.10. The Morgan fingerprint density at radius 3 is 2.24 bits per heavy atom. The van der Waals surface area contributed by atoms with Gasteiger partial charge in [0.25, 0.3) is 5.56 Å². The number of hydrogen-bond donors (Lipinski definition) is 1. The van der Waals surface area contributed by atoms with Crippen LogP contribution < -0.4 is 30.0 Å². The molecule has 0 bridgehead atoms. The van der Waals surface area contributed by atoms with Crippen LogP contribution in [0.15, 0.2) is 93.5 Å². The lowest BCUT2D eigenvalue weighted by atomic mass is 9.85. The maximum Gasteiger partial charge on any atom is 0.332 e. The standard InChI is InChI=1S/C31H28N2O7S2/c1-4-40-25(34)18-23-30(35)33-29(32)28(42(36,37)24-17-11-10-16-22(24)39-3)26(19-12-6-5-7-13-19)27(31(33)41-23)20-14-8-9-15-21(20)38-2/h5-18,26H,4,32H2,1-3H3. The van der Waals surface area contributed by atoms with E-state index in [0.29, 0.717) is 27.1 Å². The summed E-state index contributed by atoms with van der Waals surface area (Å²) in [5, 5.41) is 0. The van der Waals surface area contributed by atoms with Gasteiger partial charge >= 0.3 is 5.97 Å². The number of rotatable bonds is 8. The maximum atomic E-state index is 14.6. The van der Waals surface area contributed by atoms with E-state index in [-0.39, 0.29) is 32.5 Å². The number of para-hydroxylation sites is 2. The van der Waals surface area contributed by atoms with Gasteiger partial charge in [-0.2, -0.15) is 0 Å². The van der Waals surface area contributed by atoms with E-state index < -0.39 is 27.3 Å². The molecule has 5 rings (SSSR count). The van der Waals surface area contributed by atoms with Crippen molar-refractivity contribution in [3.63, 3.8) is 0 Å². The Balaban J connectivity index is 1.99. The lowest BCUT2D eigenvalue weighted by Gasteiger charge is -2.30. The van der Waals surface area contributed by atoms with Gasteiger partial charge in [-0.3, -0.25) is 9.36 Å². The number of aromatic nitrogens is 1. The fourth-order valence-electron chi connectivity index (χ4n) is 5.04. The predicted molar refractivity (Wildman–Crippen MR) is 161 cm³/mol. The molecule has 0 radical (unpaired) electrons. The van der Waals surface area contributed by atoms with Crippen molar-refractivity contribution in [2.45, 2.75) is 17.7 Å². The van der Waals surface area contributed by atoms with Crippen LogP contribution in [0.4, 0.5) is 0 Å². The molecular formula is C31H28N2O7S2. The molecule has 1 aliphatic rings. The number of nitrogens with zero attached hydrogens (tertiary/aromatic N) is 1. The quantitative estimate of drug-likeness (QED) is 0.304. The minimum Gasteiger partial charge on any atom is -0.496 e. The second-order valence-electron chi connectivity index (χ2n) is 9.17. The first-order chi connectivity index (χ1) is 20.2. The molecule has 9 nitrogen and oxygen atoms in total. The molecule has 2 N–H and O–H groups in total. The predicted octanol–water partition coefficient (Wildman–Crippen LogP) is 2.83. The molecule has 1 atom stereocenters. The Hall–Kier alpha value is -4.61. The summed E-state index contributed by atoms with van der Waals surface area (Å²) in [4.78, 5) is 25.9. The summed E-state index contributed by atoms with van der Waals surface area (Å²) < 4.78 is 47.0. The van der Waals surface area contributed by atoms with Crippen molar-refractivity contribution in [2.24, 2.45) is 5.73 Å². The van der Waals surface area contributed by atoms with Crippen molar-refractivity contribution in [2.75, 3.05) is 20.8 Å².